The van der Waals surface area contributed by atoms with Crippen LogP contribution in [0.5, 0.6) is 11.5 Å². The number of rotatable bonds is 4. The number of ketones is 1. The molecule has 0 amide bonds. The average Bonchev–Trinajstić information content (AvgIpc) is 2.46. The summed E-state index contributed by atoms with van der Waals surface area (Å²) in [4.78, 5) is 12.5. The minimum absolute atomic E-state index is 0.153. The van der Waals surface area contributed by atoms with Gasteiger partial charge in [0.25, 0.3) is 0 Å². The average molecular weight is 248 g/mol. The molecule has 1 aliphatic carbocycles. The summed E-state index contributed by atoms with van der Waals surface area (Å²) in [6, 6.07) is 5.40. The van der Waals surface area contributed by atoms with Gasteiger partial charge in [0, 0.05) is 5.92 Å². The van der Waals surface area contributed by atoms with Gasteiger partial charge in [-0.15, -0.1) is 0 Å². The molecule has 0 heterocycles. The van der Waals surface area contributed by atoms with Crippen LogP contribution in [0.1, 0.15) is 42.5 Å². The number of hydrogen-bond donors (Lipinski definition) is 0. The molecular weight excluding hydrogens is 228 g/mol. The Kier molecular flexibility index (Phi) is 4.24. The maximum atomic E-state index is 12.5. The summed E-state index contributed by atoms with van der Waals surface area (Å²) in [7, 11) is 3.20. The molecule has 1 aliphatic rings. The third kappa shape index (κ3) is 2.66. The third-order valence-electron chi connectivity index (χ3n) is 3.65. The summed E-state index contributed by atoms with van der Waals surface area (Å²) in [6.07, 6.45) is 5.56. The van der Waals surface area contributed by atoms with Gasteiger partial charge in [0.15, 0.2) is 5.78 Å². The predicted octanol–water partition coefficient (Wildman–Crippen LogP) is 3.47. The van der Waals surface area contributed by atoms with Gasteiger partial charge in [-0.25, -0.2) is 0 Å². The van der Waals surface area contributed by atoms with E-state index in [1.54, 1.807) is 26.4 Å². The zero-order chi connectivity index (χ0) is 13.0. The van der Waals surface area contributed by atoms with Crippen molar-refractivity contribution in [3.8, 4) is 11.5 Å². The molecule has 2 rings (SSSR count). The summed E-state index contributed by atoms with van der Waals surface area (Å²) >= 11 is 0. The lowest BCUT2D eigenvalue weighted by Crippen LogP contribution is -2.18. The van der Waals surface area contributed by atoms with E-state index in [2.05, 4.69) is 0 Å². The summed E-state index contributed by atoms with van der Waals surface area (Å²) in [5, 5.41) is 0. The molecule has 3 heteroatoms. The molecule has 1 aromatic rings. The van der Waals surface area contributed by atoms with Crippen molar-refractivity contribution in [1.29, 1.82) is 0 Å². The topological polar surface area (TPSA) is 35.5 Å². The van der Waals surface area contributed by atoms with Gasteiger partial charge in [-0.1, -0.05) is 19.3 Å². The van der Waals surface area contributed by atoms with Gasteiger partial charge in [-0.05, 0) is 31.0 Å². The molecule has 0 N–H and O–H groups in total. The molecule has 3 nitrogen and oxygen atoms in total. The van der Waals surface area contributed by atoms with Crippen LogP contribution in [0.3, 0.4) is 0 Å². The Morgan fingerprint density at radius 2 is 1.83 bits per heavy atom. The molecule has 1 saturated carbocycles. The Morgan fingerprint density at radius 1 is 1.11 bits per heavy atom. The lowest BCUT2D eigenvalue weighted by molar-refractivity contribution is 0.0886. The van der Waals surface area contributed by atoms with E-state index in [4.69, 9.17) is 9.47 Å². The SMILES string of the molecule is COc1ccc(OC)c(C(=O)C2CCCCC2)c1. The molecule has 0 saturated heterocycles. The highest BCUT2D eigenvalue weighted by molar-refractivity contribution is 6.00. The predicted molar refractivity (Wildman–Crippen MR) is 70.5 cm³/mol. The van der Waals surface area contributed by atoms with Gasteiger partial charge in [0.05, 0.1) is 19.8 Å². The Balaban J connectivity index is 2.26. The van der Waals surface area contributed by atoms with Crippen LogP contribution in [-0.2, 0) is 0 Å². The Hall–Kier alpha value is -1.51. The molecule has 98 valence electrons. The second-order valence-corrected chi connectivity index (χ2v) is 4.77. The number of carbonyl (C=O) groups is 1. The monoisotopic (exact) mass is 248 g/mol. The third-order valence-corrected chi connectivity index (χ3v) is 3.65. The summed E-state index contributed by atoms with van der Waals surface area (Å²) in [5.41, 5.74) is 0.656. The molecule has 0 unspecified atom stereocenters. The maximum Gasteiger partial charge on any atom is 0.169 e. The van der Waals surface area contributed by atoms with E-state index in [1.165, 1.54) is 6.42 Å². The fourth-order valence-electron chi connectivity index (χ4n) is 2.59. The van der Waals surface area contributed by atoms with Gasteiger partial charge in [-0.2, -0.15) is 0 Å². The highest BCUT2D eigenvalue weighted by Gasteiger charge is 2.25. The molecule has 0 bridgehead atoms. The van der Waals surface area contributed by atoms with E-state index in [0.717, 1.165) is 25.7 Å². The first-order valence-corrected chi connectivity index (χ1v) is 6.52. The first kappa shape index (κ1) is 12.9. The minimum Gasteiger partial charge on any atom is -0.497 e. The van der Waals surface area contributed by atoms with Crippen molar-refractivity contribution in [3.05, 3.63) is 23.8 Å². The number of benzene rings is 1. The highest BCUT2D eigenvalue weighted by atomic mass is 16.5. The van der Waals surface area contributed by atoms with Crippen molar-refractivity contribution in [2.45, 2.75) is 32.1 Å². The molecule has 0 spiro atoms. The van der Waals surface area contributed by atoms with Gasteiger partial charge < -0.3 is 9.47 Å². The van der Waals surface area contributed by atoms with Crippen LogP contribution in [-0.4, -0.2) is 20.0 Å². The summed E-state index contributed by atoms with van der Waals surface area (Å²) in [5.74, 6) is 1.70. The van der Waals surface area contributed by atoms with Gasteiger partial charge in [-0.3, -0.25) is 4.79 Å². The largest absolute Gasteiger partial charge is 0.497 e. The number of methoxy groups -OCH3 is 2. The molecule has 1 fully saturated rings. The summed E-state index contributed by atoms with van der Waals surface area (Å²) in [6.45, 7) is 0. The second kappa shape index (κ2) is 5.89. The fourth-order valence-corrected chi connectivity index (χ4v) is 2.59. The van der Waals surface area contributed by atoms with Crippen LogP contribution < -0.4 is 9.47 Å². The lowest BCUT2D eigenvalue weighted by Gasteiger charge is -2.21. The van der Waals surface area contributed by atoms with Crippen molar-refractivity contribution >= 4 is 5.78 Å². The Morgan fingerprint density at radius 3 is 2.44 bits per heavy atom. The van der Waals surface area contributed by atoms with Crippen LogP contribution >= 0.6 is 0 Å². The molecule has 0 atom stereocenters. The number of ether oxygens (including phenoxy) is 2. The smallest absolute Gasteiger partial charge is 0.169 e. The van der Waals surface area contributed by atoms with Crippen molar-refractivity contribution < 1.29 is 14.3 Å². The lowest BCUT2D eigenvalue weighted by atomic mass is 9.83. The molecule has 18 heavy (non-hydrogen) atoms. The molecule has 0 aromatic heterocycles. The van der Waals surface area contributed by atoms with E-state index in [9.17, 15) is 4.79 Å². The zero-order valence-electron chi connectivity index (χ0n) is 11.1. The van der Waals surface area contributed by atoms with Crippen molar-refractivity contribution in [1.82, 2.24) is 0 Å². The minimum atomic E-state index is 0.153. The van der Waals surface area contributed by atoms with Crippen molar-refractivity contribution in [2.24, 2.45) is 5.92 Å². The van der Waals surface area contributed by atoms with Crippen LogP contribution in [0.4, 0.5) is 0 Å². The zero-order valence-corrected chi connectivity index (χ0v) is 11.1. The fraction of sp³-hybridized carbons (Fsp3) is 0.533. The van der Waals surface area contributed by atoms with E-state index >= 15 is 0 Å². The molecule has 1 aromatic carbocycles. The van der Waals surface area contributed by atoms with Gasteiger partial charge >= 0.3 is 0 Å². The number of hydrogen-bond acceptors (Lipinski definition) is 3. The first-order valence-electron chi connectivity index (χ1n) is 6.52. The van der Waals surface area contributed by atoms with E-state index in [0.29, 0.717) is 17.1 Å². The number of Topliss-reactive ketones (excluding diaryl/α,β-unsaturated/α-hetero) is 1. The highest BCUT2D eigenvalue weighted by Crippen LogP contribution is 2.32. The van der Waals surface area contributed by atoms with Crippen LogP contribution in [0.15, 0.2) is 18.2 Å². The Bertz CT molecular complexity index is 420. The van der Waals surface area contributed by atoms with Crippen molar-refractivity contribution in [2.75, 3.05) is 14.2 Å². The normalized spacial score (nSPS) is 16.3. The molecule has 0 aliphatic heterocycles. The van der Waals surface area contributed by atoms with Crippen molar-refractivity contribution in [3.63, 3.8) is 0 Å². The van der Waals surface area contributed by atoms with E-state index < -0.39 is 0 Å². The summed E-state index contributed by atoms with van der Waals surface area (Å²) < 4.78 is 10.5. The van der Waals surface area contributed by atoms with Crippen LogP contribution in [0.25, 0.3) is 0 Å². The standard InChI is InChI=1S/C15H20O3/c1-17-12-8-9-14(18-2)13(10-12)15(16)11-6-4-3-5-7-11/h8-11H,3-7H2,1-2H3. The molecule has 0 radical (unpaired) electrons. The van der Waals surface area contributed by atoms with E-state index in [1.807, 2.05) is 6.07 Å². The first-order chi connectivity index (χ1) is 8.76. The quantitative estimate of drug-likeness (QED) is 0.765. The second-order valence-electron chi connectivity index (χ2n) is 4.77. The molecular formula is C15H20O3. The van der Waals surface area contributed by atoms with Gasteiger partial charge in [0.2, 0.25) is 0 Å². The number of carbonyl (C=O) groups excluding carboxylic acids is 1. The van der Waals surface area contributed by atoms with Crippen LogP contribution in [0, 0.1) is 5.92 Å². The van der Waals surface area contributed by atoms with Gasteiger partial charge in [0.1, 0.15) is 11.5 Å². The van der Waals surface area contributed by atoms with E-state index in [-0.39, 0.29) is 11.7 Å². The Labute approximate surface area is 108 Å². The van der Waals surface area contributed by atoms with Crippen LogP contribution in [0.2, 0.25) is 0 Å². The maximum absolute atomic E-state index is 12.5.